The normalized spacial score (nSPS) is 11.2. The zero-order valence-corrected chi connectivity index (χ0v) is 12.6. The highest BCUT2D eigenvalue weighted by Gasteiger charge is 2.05. The van der Waals surface area contributed by atoms with Crippen molar-refractivity contribution < 1.29 is 23.8 Å². The molecule has 23 heavy (non-hydrogen) atoms. The lowest BCUT2D eigenvalue weighted by Crippen LogP contribution is -2.01. The first-order chi connectivity index (χ1) is 11.1. The van der Waals surface area contributed by atoms with E-state index in [1.54, 1.807) is 30.3 Å². The lowest BCUT2D eigenvalue weighted by molar-refractivity contribution is -0.121. The molecular formula is C18H16O5. The summed E-state index contributed by atoms with van der Waals surface area (Å²) in [6.45, 7) is 0. The third-order valence-electron chi connectivity index (χ3n) is 2.99. The molecule has 0 radical (unpaired) electrons. The summed E-state index contributed by atoms with van der Waals surface area (Å²) in [5.74, 6) is 0.272. The van der Waals surface area contributed by atoms with Gasteiger partial charge in [-0.3, -0.25) is 9.59 Å². The van der Waals surface area contributed by atoms with Gasteiger partial charge in [0.15, 0.2) is 23.1 Å². The zero-order chi connectivity index (χ0) is 16.7. The number of furan rings is 1. The third-order valence-corrected chi connectivity index (χ3v) is 2.99. The number of ether oxygens (including phenoxy) is 1. The van der Waals surface area contributed by atoms with Crippen LogP contribution in [0, 0.1) is 0 Å². The molecule has 5 nitrogen and oxygen atoms in total. The van der Waals surface area contributed by atoms with E-state index >= 15 is 0 Å². The van der Waals surface area contributed by atoms with Crippen LogP contribution < -0.4 is 4.74 Å². The van der Waals surface area contributed by atoms with E-state index in [0.717, 1.165) is 0 Å². The topological polar surface area (TPSA) is 76.7 Å². The molecule has 5 heteroatoms. The minimum Gasteiger partial charge on any atom is -0.504 e. The van der Waals surface area contributed by atoms with Gasteiger partial charge in [0, 0.05) is 0 Å². The van der Waals surface area contributed by atoms with Crippen molar-refractivity contribution >= 4 is 23.7 Å². The van der Waals surface area contributed by atoms with E-state index in [0.29, 0.717) is 17.1 Å². The molecule has 0 fully saturated rings. The average molecular weight is 312 g/mol. The second kappa shape index (κ2) is 7.79. The van der Waals surface area contributed by atoms with Gasteiger partial charge in [-0.2, -0.15) is 0 Å². The first-order valence-electron chi connectivity index (χ1n) is 6.91. The predicted molar refractivity (Wildman–Crippen MR) is 86.1 cm³/mol. The second-order valence-electron chi connectivity index (χ2n) is 4.72. The van der Waals surface area contributed by atoms with E-state index in [9.17, 15) is 14.7 Å². The molecule has 0 aliphatic carbocycles. The second-order valence-corrected chi connectivity index (χ2v) is 4.72. The van der Waals surface area contributed by atoms with Gasteiger partial charge in [0.25, 0.3) is 0 Å². The molecule has 0 aliphatic rings. The van der Waals surface area contributed by atoms with Gasteiger partial charge in [-0.05, 0) is 48.1 Å². The fourth-order valence-electron chi connectivity index (χ4n) is 1.84. The van der Waals surface area contributed by atoms with Gasteiger partial charge in [-0.15, -0.1) is 0 Å². The molecule has 2 aromatic rings. The minimum absolute atomic E-state index is 0.0224. The van der Waals surface area contributed by atoms with Crippen molar-refractivity contribution in [1.82, 2.24) is 0 Å². The lowest BCUT2D eigenvalue weighted by Gasteiger charge is -2.03. The van der Waals surface area contributed by atoms with Gasteiger partial charge < -0.3 is 14.3 Å². The summed E-state index contributed by atoms with van der Waals surface area (Å²) in [5, 5.41) is 9.49. The summed E-state index contributed by atoms with van der Waals surface area (Å²) >= 11 is 0. The molecule has 0 bridgehead atoms. The number of rotatable bonds is 7. The molecule has 0 saturated carbocycles. The van der Waals surface area contributed by atoms with Crippen molar-refractivity contribution in [2.24, 2.45) is 0 Å². The Morgan fingerprint density at radius 2 is 1.91 bits per heavy atom. The Balaban J connectivity index is 1.92. The van der Waals surface area contributed by atoms with E-state index in [1.807, 2.05) is 0 Å². The number of allylic oxidation sites excluding steroid dienone is 2. The molecule has 1 N–H and O–H groups in total. The molecule has 118 valence electrons. The summed E-state index contributed by atoms with van der Waals surface area (Å²) in [6.07, 6.45) is 7.00. The van der Waals surface area contributed by atoms with Crippen LogP contribution in [0.3, 0.4) is 0 Å². The number of benzene rings is 1. The summed E-state index contributed by atoms with van der Waals surface area (Å²) in [4.78, 5) is 23.4. The monoisotopic (exact) mass is 312 g/mol. The molecule has 0 atom stereocenters. The molecule has 0 unspecified atom stereocenters. The fourth-order valence-corrected chi connectivity index (χ4v) is 1.84. The smallest absolute Gasteiger partial charge is 0.163 e. The first kappa shape index (κ1) is 16.3. The van der Waals surface area contributed by atoms with Crippen LogP contribution in [0.5, 0.6) is 11.5 Å². The Labute approximate surface area is 133 Å². The van der Waals surface area contributed by atoms with Crippen molar-refractivity contribution in [3.63, 3.8) is 0 Å². The number of carbonyl (C=O) groups excluding carboxylic acids is 2. The third kappa shape index (κ3) is 5.00. The Kier molecular flexibility index (Phi) is 5.52. The van der Waals surface area contributed by atoms with Gasteiger partial charge >= 0.3 is 0 Å². The molecule has 0 amide bonds. The van der Waals surface area contributed by atoms with Gasteiger partial charge in [-0.25, -0.2) is 0 Å². The molecule has 2 rings (SSSR count). The van der Waals surface area contributed by atoms with Crippen molar-refractivity contribution in [1.29, 1.82) is 0 Å². The average Bonchev–Trinajstić information content (AvgIpc) is 3.05. The van der Waals surface area contributed by atoms with Gasteiger partial charge in [0.1, 0.15) is 5.76 Å². The number of methoxy groups -OCH3 is 1. The standard InChI is InChI=1S/C18H16O5/c1-22-18-11-13(5-9-17(18)21)4-6-14(19)12-15(20)7-8-16-3-2-10-23-16/h2-11,21H,12H2,1H3/b6-4+,8-7+. The van der Waals surface area contributed by atoms with Crippen LogP contribution in [0.1, 0.15) is 17.7 Å². The van der Waals surface area contributed by atoms with Crippen LogP contribution >= 0.6 is 0 Å². The maximum absolute atomic E-state index is 11.8. The highest BCUT2D eigenvalue weighted by atomic mass is 16.5. The number of carbonyl (C=O) groups is 2. The van der Waals surface area contributed by atoms with Crippen LogP contribution in [-0.4, -0.2) is 23.8 Å². The molecule has 0 aliphatic heterocycles. The summed E-state index contributed by atoms with van der Waals surface area (Å²) in [7, 11) is 1.44. The van der Waals surface area contributed by atoms with Crippen LogP contribution in [0.4, 0.5) is 0 Å². The molecule has 1 aromatic heterocycles. The minimum atomic E-state index is -0.314. The number of hydrogen-bond donors (Lipinski definition) is 1. The van der Waals surface area contributed by atoms with E-state index in [1.165, 1.54) is 37.7 Å². The Hall–Kier alpha value is -3.08. The molecule has 0 saturated heterocycles. The summed E-state index contributed by atoms with van der Waals surface area (Å²) in [6, 6.07) is 8.13. The van der Waals surface area contributed by atoms with Crippen molar-refractivity contribution in [2.75, 3.05) is 7.11 Å². The van der Waals surface area contributed by atoms with Crippen LogP contribution in [0.25, 0.3) is 12.2 Å². The number of phenols is 1. The Bertz CT molecular complexity index is 739. The van der Waals surface area contributed by atoms with Crippen LogP contribution in [0.2, 0.25) is 0 Å². The van der Waals surface area contributed by atoms with Gasteiger partial charge in [-0.1, -0.05) is 12.1 Å². The van der Waals surface area contributed by atoms with Crippen LogP contribution in [0.15, 0.2) is 53.2 Å². The molecule has 1 heterocycles. The molecule has 1 aromatic carbocycles. The fraction of sp³-hybridized carbons (Fsp3) is 0.111. The zero-order valence-electron chi connectivity index (χ0n) is 12.6. The Morgan fingerprint density at radius 1 is 1.17 bits per heavy atom. The van der Waals surface area contributed by atoms with Crippen molar-refractivity contribution in [3.8, 4) is 11.5 Å². The SMILES string of the molecule is COc1cc(/C=C/C(=O)CC(=O)/C=C/c2ccco2)ccc1O. The maximum atomic E-state index is 11.8. The van der Waals surface area contributed by atoms with Gasteiger partial charge in [0.05, 0.1) is 19.8 Å². The van der Waals surface area contributed by atoms with E-state index < -0.39 is 0 Å². The van der Waals surface area contributed by atoms with Crippen molar-refractivity contribution in [3.05, 3.63) is 60.1 Å². The van der Waals surface area contributed by atoms with E-state index in [-0.39, 0.29) is 23.7 Å². The summed E-state index contributed by atoms with van der Waals surface area (Å²) in [5.41, 5.74) is 0.687. The molecular weight excluding hydrogens is 296 g/mol. The van der Waals surface area contributed by atoms with Crippen molar-refractivity contribution in [2.45, 2.75) is 6.42 Å². The number of aromatic hydroxyl groups is 1. The van der Waals surface area contributed by atoms with Crippen LogP contribution in [-0.2, 0) is 9.59 Å². The number of phenolic OH excluding ortho intramolecular Hbond substituents is 1. The summed E-state index contributed by atoms with van der Waals surface area (Å²) < 4.78 is 10.0. The van der Waals surface area contributed by atoms with Gasteiger partial charge in [0.2, 0.25) is 0 Å². The van der Waals surface area contributed by atoms with E-state index in [2.05, 4.69) is 0 Å². The number of ketones is 2. The molecule has 0 spiro atoms. The van der Waals surface area contributed by atoms with E-state index in [4.69, 9.17) is 9.15 Å². The highest BCUT2D eigenvalue weighted by molar-refractivity contribution is 6.10. The Morgan fingerprint density at radius 3 is 2.57 bits per heavy atom. The first-order valence-corrected chi connectivity index (χ1v) is 6.91. The quantitative estimate of drug-likeness (QED) is 0.627. The maximum Gasteiger partial charge on any atom is 0.163 e. The largest absolute Gasteiger partial charge is 0.504 e. The predicted octanol–water partition coefficient (Wildman–Crippen LogP) is 3.25. The lowest BCUT2D eigenvalue weighted by atomic mass is 10.1. The number of hydrogen-bond acceptors (Lipinski definition) is 5. The highest BCUT2D eigenvalue weighted by Crippen LogP contribution is 2.26.